The molecule has 1 aromatic heterocycles. The Kier molecular flexibility index (Phi) is 2.53. The Morgan fingerprint density at radius 3 is 1.84 bits per heavy atom. The summed E-state index contributed by atoms with van der Waals surface area (Å²) < 4.78 is 0. The SMILES string of the molecule is Cc1ccc2c(=O)c3nc4c(nc3c(=O)c2c1)c(=O)c1ccccc14. The van der Waals surface area contributed by atoms with Crippen molar-refractivity contribution in [3.8, 4) is 0 Å². The molecule has 118 valence electrons. The zero-order valence-electron chi connectivity index (χ0n) is 13.2. The molecule has 0 amide bonds. The fraction of sp³-hybridized carbons (Fsp3) is 0.0500. The molecule has 0 fully saturated rings. The Hall–Kier alpha value is -3.47. The summed E-state index contributed by atoms with van der Waals surface area (Å²) in [6, 6.07) is 12.1. The van der Waals surface area contributed by atoms with Gasteiger partial charge in [0, 0.05) is 21.5 Å². The van der Waals surface area contributed by atoms with Crippen molar-refractivity contribution < 1.29 is 0 Å². The van der Waals surface area contributed by atoms with Crippen molar-refractivity contribution in [1.82, 2.24) is 9.97 Å². The maximum absolute atomic E-state index is 12.8. The quantitative estimate of drug-likeness (QED) is 0.408. The standard InChI is InChI=1S/C20H10N2O3/c1-9-6-7-12-13(8-9)20(25)17-16(19(12)24)21-14-10-4-2-3-5-11(10)18(23)15(14)22-17/h2-8H,1H3. The second-order valence-corrected chi connectivity index (χ2v) is 6.20. The third kappa shape index (κ3) is 1.69. The first-order valence-electron chi connectivity index (χ1n) is 7.82. The molecule has 0 saturated heterocycles. The highest BCUT2D eigenvalue weighted by atomic mass is 16.1. The number of benzene rings is 3. The zero-order valence-corrected chi connectivity index (χ0v) is 13.2. The van der Waals surface area contributed by atoms with Crippen LogP contribution < -0.4 is 16.3 Å². The molecule has 0 radical (unpaired) electrons. The predicted octanol–water partition coefficient (Wildman–Crippen LogP) is 2.35. The summed E-state index contributed by atoms with van der Waals surface area (Å²) in [5, 5.41) is 1.78. The Labute approximate surface area is 139 Å². The van der Waals surface area contributed by atoms with Crippen LogP contribution in [0.2, 0.25) is 0 Å². The molecular formula is C20H10N2O3. The van der Waals surface area contributed by atoms with Gasteiger partial charge in [0.05, 0.1) is 0 Å². The minimum atomic E-state index is -0.368. The molecule has 5 nitrogen and oxygen atoms in total. The van der Waals surface area contributed by atoms with E-state index in [1.165, 1.54) is 0 Å². The van der Waals surface area contributed by atoms with E-state index in [1.54, 1.807) is 42.5 Å². The molecule has 5 heteroatoms. The van der Waals surface area contributed by atoms with E-state index >= 15 is 0 Å². The van der Waals surface area contributed by atoms with Crippen molar-refractivity contribution in [2.75, 3.05) is 0 Å². The molecule has 0 aliphatic carbocycles. The molecule has 1 heterocycles. The molecule has 0 atom stereocenters. The summed E-state index contributed by atoms with van der Waals surface area (Å²) in [6.45, 7) is 1.85. The fourth-order valence-electron chi connectivity index (χ4n) is 3.41. The van der Waals surface area contributed by atoms with Crippen LogP contribution in [0, 0.1) is 6.92 Å². The summed E-state index contributed by atoms with van der Waals surface area (Å²) in [4.78, 5) is 46.9. The van der Waals surface area contributed by atoms with Gasteiger partial charge in [0.15, 0.2) is 0 Å². The fourth-order valence-corrected chi connectivity index (χ4v) is 3.41. The maximum Gasteiger partial charge on any atom is 0.214 e. The van der Waals surface area contributed by atoms with Gasteiger partial charge in [-0.1, -0.05) is 35.9 Å². The highest BCUT2D eigenvalue weighted by Gasteiger charge is 2.18. The molecule has 0 N–H and O–H groups in total. The van der Waals surface area contributed by atoms with Gasteiger partial charge in [0.1, 0.15) is 22.1 Å². The van der Waals surface area contributed by atoms with Crippen molar-refractivity contribution in [2.45, 2.75) is 6.92 Å². The second-order valence-electron chi connectivity index (χ2n) is 6.20. The predicted molar refractivity (Wildman–Crippen MR) is 98.0 cm³/mol. The summed E-state index contributed by atoms with van der Waals surface area (Å²) in [5.41, 5.74) is 0.391. The van der Waals surface area contributed by atoms with E-state index < -0.39 is 0 Å². The van der Waals surface area contributed by atoms with Crippen molar-refractivity contribution in [1.29, 1.82) is 0 Å². The van der Waals surface area contributed by atoms with E-state index in [0.29, 0.717) is 27.1 Å². The number of aromatic nitrogens is 2. The van der Waals surface area contributed by atoms with Crippen LogP contribution in [0.15, 0.2) is 56.8 Å². The monoisotopic (exact) mass is 326 g/mol. The first kappa shape index (κ1) is 13.9. The Morgan fingerprint density at radius 2 is 1.12 bits per heavy atom. The first-order valence-corrected chi connectivity index (χ1v) is 7.82. The van der Waals surface area contributed by atoms with Gasteiger partial charge in [0.2, 0.25) is 16.3 Å². The number of hydrogen-bond donors (Lipinski definition) is 0. The Balaban J connectivity index is 2.13. The van der Waals surface area contributed by atoms with Crippen molar-refractivity contribution in [3.63, 3.8) is 0 Å². The molecule has 0 saturated carbocycles. The molecule has 0 aliphatic heterocycles. The molecule has 5 rings (SSSR count). The number of aryl methyl sites for hydroxylation is 1. The van der Waals surface area contributed by atoms with Crippen LogP contribution in [0.25, 0.3) is 43.6 Å². The van der Waals surface area contributed by atoms with E-state index in [9.17, 15) is 14.4 Å². The molecular weight excluding hydrogens is 316 g/mol. The van der Waals surface area contributed by atoms with E-state index in [0.717, 1.165) is 5.56 Å². The largest absolute Gasteiger partial charge is 0.287 e. The summed E-state index contributed by atoms with van der Waals surface area (Å²) >= 11 is 0. The van der Waals surface area contributed by atoms with E-state index in [2.05, 4.69) is 9.97 Å². The van der Waals surface area contributed by atoms with Crippen molar-refractivity contribution in [3.05, 3.63) is 78.7 Å². The van der Waals surface area contributed by atoms with Gasteiger partial charge in [-0.2, -0.15) is 0 Å². The number of fused-ring (bicyclic) bond motifs is 5. The summed E-state index contributed by atoms with van der Waals surface area (Å²) in [5.74, 6) is 0. The van der Waals surface area contributed by atoms with Crippen LogP contribution in [0.3, 0.4) is 0 Å². The average Bonchev–Trinajstić information content (AvgIpc) is 2.91. The second kappa shape index (κ2) is 4.54. The van der Waals surface area contributed by atoms with Gasteiger partial charge in [-0.15, -0.1) is 0 Å². The van der Waals surface area contributed by atoms with Gasteiger partial charge in [0.25, 0.3) is 0 Å². The highest BCUT2D eigenvalue weighted by molar-refractivity contribution is 6.10. The lowest BCUT2D eigenvalue weighted by atomic mass is 10.1. The average molecular weight is 326 g/mol. The Morgan fingerprint density at radius 1 is 0.600 bits per heavy atom. The number of hydrogen-bond acceptors (Lipinski definition) is 5. The number of nitrogens with zero attached hydrogens (tertiary/aromatic N) is 2. The normalized spacial score (nSPS) is 11.9. The molecule has 4 aromatic carbocycles. The van der Waals surface area contributed by atoms with Gasteiger partial charge in [-0.25, -0.2) is 9.97 Å². The lowest BCUT2D eigenvalue weighted by molar-refractivity contribution is 1.38. The zero-order chi connectivity index (χ0) is 17.3. The smallest absolute Gasteiger partial charge is 0.214 e. The molecule has 0 aliphatic rings. The molecule has 5 aromatic rings. The van der Waals surface area contributed by atoms with Gasteiger partial charge in [-0.05, 0) is 19.1 Å². The lowest BCUT2D eigenvalue weighted by Crippen LogP contribution is -2.16. The molecule has 25 heavy (non-hydrogen) atoms. The summed E-state index contributed by atoms with van der Waals surface area (Å²) in [7, 11) is 0. The Bertz CT molecular complexity index is 1510. The van der Waals surface area contributed by atoms with Gasteiger partial charge < -0.3 is 0 Å². The first-order chi connectivity index (χ1) is 12.1. The van der Waals surface area contributed by atoms with Crippen LogP contribution >= 0.6 is 0 Å². The molecule has 0 spiro atoms. The van der Waals surface area contributed by atoms with E-state index in [4.69, 9.17) is 0 Å². The van der Waals surface area contributed by atoms with Gasteiger partial charge >= 0.3 is 0 Å². The van der Waals surface area contributed by atoms with Gasteiger partial charge in [-0.3, -0.25) is 14.4 Å². The van der Waals surface area contributed by atoms with Crippen LogP contribution in [-0.4, -0.2) is 9.97 Å². The van der Waals surface area contributed by atoms with Crippen molar-refractivity contribution in [2.24, 2.45) is 0 Å². The highest BCUT2D eigenvalue weighted by Crippen LogP contribution is 2.22. The third-order valence-corrected chi connectivity index (χ3v) is 4.63. The van der Waals surface area contributed by atoms with Crippen LogP contribution in [0.5, 0.6) is 0 Å². The minimum absolute atomic E-state index is 0.0182. The number of rotatable bonds is 0. The summed E-state index contributed by atoms with van der Waals surface area (Å²) in [6.07, 6.45) is 0. The maximum atomic E-state index is 12.8. The third-order valence-electron chi connectivity index (χ3n) is 4.63. The molecule has 0 bridgehead atoms. The van der Waals surface area contributed by atoms with E-state index in [1.807, 2.05) is 6.92 Å². The van der Waals surface area contributed by atoms with Crippen molar-refractivity contribution >= 4 is 43.6 Å². The molecule has 0 unspecified atom stereocenters. The topological polar surface area (TPSA) is 77.0 Å². The van der Waals surface area contributed by atoms with E-state index in [-0.39, 0.29) is 32.8 Å². The van der Waals surface area contributed by atoms with Crippen LogP contribution in [-0.2, 0) is 0 Å². The van der Waals surface area contributed by atoms with Crippen LogP contribution in [0.4, 0.5) is 0 Å². The minimum Gasteiger partial charge on any atom is -0.287 e. The lowest BCUT2D eigenvalue weighted by Gasteiger charge is -2.01. The van der Waals surface area contributed by atoms with Crippen LogP contribution in [0.1, 0.15) is 5.56 Å².